The Kier molecular flexibility index (Phi) is 4.27. The van der Waals surface area contributed by atoms with Crippen LogP contribution in [-0.4, -0.2) is 27.8 Å². The highest BCUT2D eigenvalue weighted by Gasteiger charge is 2.25. The highest BCUT2D eigenvalue weighted by atomic mass is 32.1. The van der Waals surface area contributed by atoms with Gasteiger partial charge in [-0.2, -0.15) is 16.4 Å². The molecule has 118 valence electrons. The van der Waals surface area contributed by atoms with E-state index in [1.54, 1.807) is 6.92 Å². The van der Waals surface area contributed by atoms with Crippen LogP contribution in [0.4, 0.5) is 0 Å². The molecule has 6 heteroatoms. The predicted molar refractivity (Wildman–Crippen MR) is 90.2 cm³/mol. The van der Waals surface area contributed by atoms with Crippen molar-refractivity contribution in [2.75, 3.05) is 6.54 Å². The molecule has 0 aliphatic heterocycles. The zero-order valence-electron chi connectivity index (χ0n) is 12.6. The number of nitrogens with one attached hydrogen (secondary N) is 2. The van der Waals surface area contributed by atoms with Crippen molar-refractivity contribution in [3.63, 3.8) is 0 Å². The van der Waals surface area contributed by atoms with Crippen LogP contribution in [-0.2, 0) is 5.60 Å². The van der Waals surface area contributed by atoms with Gasteiger partial charge in [0.2, 0.25) is 0 Å². The van der Waals surface area contributed by atoms with Crippen LogP contribution in [0, 0.1) is 0 Å². The first-order valence-corrected chi connectivity index (χ1v) is 8.14. The quantitative estimate of drug-likeness (QED) is 0.674. The molecule has 0 saturated heterocycles. The van der Waals surface area contributed by atoms with Crippen molar-refractivity contribution < 1.29 is 9.90 Å². The smallest absolute Gasteiger partial charge is 0.255 e. The van der Waals surface area contributed by atoms with Crippen LogP contribution in [0.1, 0.15) is 22.8 Å². The van der Waals surface area contributed by atoms with Crippen molar-refractivity contribution in [2.45, 2.75) is 12.5 Å². The monoisotopic (exact) mass is 327 g/mol. The fourth-order valence-corrected chi connectivity index (χ4v) is 3.09. The lowest BCUT2D eigenvalue weighted by Crippen LogP contribution is -2.38. The van der Waals surface area contributed by atoms with E-state index in [2.05, 4.69) is 15.5 Å². The number of aromatic amines is 1. The second kappa shape index (κ2) is 6.36. The topological polar surface area (TPSA) is 78.0 Å². The summed E-state index contributed by atoms with van der Waals surface area (Å²) < 4.78 is 0. The first-order valence-electron chi connectivity index (χ1n) is 7.20. The number of benzene rings is 1. The van der Waals surface area contributed by atoms with E-state index in [9.17, 15) is 9.90 Å². The van der Waals surface area contributed by atoms with Gasteiger partial charge >= 0.3 is 0 Å². The van der Waals surface area contributed by atoms with E-state index in [4.69, 9.17) is 0 Å². The molecule has 1 unspecified atom stereocenters. The number of rotatable bonds is 5. The largest absolute Gasteiger partial charge is 0.384 e. The number of carbonyl (C=O) groups excluding carboxylic acids is 1. The average Bonchev–Trinajstić information content (AvgIpc) is 3.25. The number of nitrogens with zero attached hydrogens (tertiary/aromatic N) is 1. The second-order valence-corrected chi connectivity index (χ2v) is 6.27. The molecule has 2 aromatic heterocycles. The van der Waals surface area contributed by atoms with Crippen LogP contribution in [0.25, 0.3) is 11.3 Å². The normalized spacial score (nSPS) is 13.5. The van der Waals surface area contributed by atoms with E-state index in [1.165, 1.54) is 17.5 Å². The van der Waals surface area contributed by atoms with Crippen molar-refractivity contribution in [1.29, 1.82) is 0 Å². The second-order valence-electron chi connectivity index (χ2n) is 5.49. The van der Waals surface area contributed by atoms with Crippen molar-refractivity contribution in [2.24, 2.45) is 0 Å². The molecular weight excluding hydrogens is 310 g/mol. The molecule has 1 amide bonds. The molecule has 3 N–H and O–H groups in total. The van der Waals surface area contributed by atoms with Gasteiger partial charge in [0.25, 0.3) is 5.91 Å². The summed E-state index contributed by atoms with van der Waals surface area (Å²) in [4.78, 5) is 12.4. The Hall–Kier alpha value is -2.44. The minimum absolute atomic E-state index is 0.127. The van der Waals surface area contributed by atoms with Crippen LogP contribution in [0.3, 0.4) is 0 Å². The highest BCUT2D eigenvalue weighted by Crippen LogP contribution is 2.23. The molecule has 1 atom stereocenters. The molecule has 0 spiro atoms. The maximum absolute atomic E-state index is 12.4. The van der Waals surface area contributed by atoms with Crippen LogP contribution < -0.4 is 5.32 Å². The molecule has 0 radical (unpaired) electrons. The summed E-state index contributed by atoms with van der Waals surface area (Å²) in [5, 5.41) is 23.9. The lowest BCUT2D eigenvalue weighted by molar-refractivity contribution is 0.0530. The van der Waals surface area contributed by atoms with E-state index >= 15 is 0 Å². The predicted octanol–water partition coefficient (Wildman–Crippen LogP) is 2.78. The van der Waals surface area contributed by atoms with E-state index in [0.29, 0.717) is 11.3 Å². The third-order valence-corrected chi connectivity index (χ3v) is 4.37. The summed E-state index contributed by atoms with van der Waals surface area (Å²) in [6.07, 6.45) is 1.50. The van der Waals surface area contributed by atoms with Crippen molar-refractivity contribution in [3.8, 4) is 11.3 Å². The van der Waals surface area contributed by atoms with Crippen LogP contribution in [0.5, 0.6) is 0 Å². The number of hydrogen-bond acceptors (Lipinski definition) is 4. The third-order valence-electron chi connectivity index (χ3n) is 3.68. The maximum Gasteiger partial charge on any atom is 0.255 e. The van der Waals surface area contributed by atoms with Crippen LogP contribution >= 0.6 is 11.3 Å². The van der Waals surface area contributed by atoms with Gasteiger partial charge in [0, 0.05) is 5.56 Å². The number of aromatic nitrogens is 2. The standard InChI is InChI=1S/C17H17N3O2S/c1-17(22,13-7-8-23-10-13)11-18-16(21)14-9-19-20-15(14)12-5-3-2-4-6-12/h2-10,22H,11H2,1H3,(H,18,21)(H,19,20). The fourth-order valence-electron chi connectivity index (χ4n) is 2.30. The van der Waals surface area contributed by atoms with Crippen molar-refractivity contribution >= 4 is 17.2 Å². The molecule has 2 heterocycles. The van der Waals surface area contributed by atoms with E-state index in [1.807, 2.05) is 47.2 Å². The summed E-state index contributed by atoms with van der Waals surface area (Å²) in [5.74, 6) is -0.270. The first-order chi connectivity index (χ1) is 11.1. The maximum atomic E-state index is 12.4. The molecule has 0 fully saturated rings. The molecule has 0 saturated carbocycles. The molecule has 3 aromatic rings. The number of H-pyrrole nitrogens is 1. The van der Waals surface area contributed by atoms with Gasteiger partial charge in [-0.15, -0.1) is 0 Å². The van der Waals surface area contributed by atoms with Gasteiger partial charge in [-0.25, -0.2) is 0 Å². The SMILES string of the molecule is CC(O)(CNC(=O)c1cn[nH]c1-c1ccccc1)c1ccsc1. The number of amides is 1. The van der Waals surface area contributed by atoms with Crippen molar-refractivity contribution in [1.82, 2.24) is 15.5 Å². The zero-order valence-corrected chi connectivity index (χ0v) is 13.4. The van der Waals surface area contributed by atoms with Gasteiger partial charge < -0.3 is 10.4 Å². The molecular formula is C17H17N3O2S. The Balaban J connectivity index is 1.74. The lowest BCUT2D eigenvalue weighted by atomic mass is 9.99. The average molecular weight is 327 g/mol. The molecule has 0 aliphatic rings. The van der Waals surface area contributed by atoms with Gasteiger partial charge in [-0.3, -0.25) is 9.89 Å². The van der Waals surface area contributed by atoms with Crippen LogP contribution in [0.2, 0.25) is 0 Å². The minimum Gasteiger partial charge on any atom is -0.384 e. The number of hydrogen-bond donors (Lipinski definition) is 3. The number of carbonyl (C=O) groups is 1. The van der Waals surface area contributed by atoms with Gasteiger partial charge in [0.15, 0.2) is 0 Å². The van der Waals surface area contributed by atoms with E-state index < -0.39 is 5.60 Å². The molecule has 5 nitrogen and oxygen atoms in total. The molecule has 1 aromatic carbocycles. The summed E-state index contributed by atoms with van der Waals surface area (Å²) in [6, 6.07) is 11.4. The Labute approximate surface area is 138 Å². The zero-order chi connectivity index (χ0) is 16.3. The third kappa shape index (κ3) is 3.33. The minimum atomic E-state index is -1.10. The van der Waals surface area contributed by atoms with Crippen molar-refractivity contribution in [3.05, 3.63) is 64.5 Å². The fraction of sp³-hybridized carbons (Fsp3) is 0.176. The summed E-state index contributed by atoms with van der Waals surface area (Å²) >= 11 is 1.51. The molecule has 0 bridgehead atoms. The number of aliphatic hydroxyl groups is 1. The Morgan fingerprint density at radius 2 is 2.13 bits per heavy atom. The van der Waals surface area contributed by atoms with Gasteiger partial charge in [0.1, 0.15) is 5.60 Å². The first kappa shape index (κ1) is 15.5. The summed E-state index contributed by atoms with van der Waals surface area (Å²) in [7, 11) is 0. The lowest BCUT2D eigenvalue weighted by Gasteiger charge is -2.22. The Morgan fingerprint density at radius 1 is 1.35 bits per heavy atom. The molecule has 3 rings (SSSR count). The van der Waals surface area contributed by atoms with E-state index in [0.717, 1.165) is 11.1 Å². The Morgan fingerprint density at radius 3 is 2.83 bits per heavy atom. The van der Waals surface area contributed by atoms with Gasteiger partial charge in [0.05, 0.1) is 24.0 Å². The number of thiophene rings is 1. The summed E-state index contributed by atoms with van der Waals surface area (Å²) in [5.41, 5.74) is 1.69. The van der Waals surface area contributed by atoms with Gasteiger partial charge in [-0.05, 0) is 29.3 Å². The van der Waals surface area contributed by atoms with Crippen LogP contribution in [0.15, 0.2) is 53.4 Å². The molecule has 0 aliphatic carbocycles. The van der Waals surface area contributed by atoms with E-state index in [-0.39, 0.29) is 12.5 Å². The highest BCUT2D eigenvalue weighted by molar-refractivity contribution is 7.08. The van der Waals surface area contributed by atoms with Gasteiger partial charge in [-0.1, -0.05) is 30.3 Å². The Bertz CT molecular complexity index is 779. The summed E-state index contributed by atoms with van der Waals surface area (Å²) in [6.45, 7) is 1.81. The molecule has 23 heavy (non-hydrogen) atoms.